The van der Waals surface area contributed by atoms with Crippen molar-refractivity contribution in [3.63, 3.8) is 0 Å². The Kier molecular flexibility index (Phi) is 8.99. The number of fused-ring (bicyclic) bond motifs is 1. The van der Waals surface area contributed by atoms with Gasteiger partial charge in [0.15, 0.2) is 0 Å². The zero-order chi connectivity index (χ0) is 22.1. The van der Waals surface area contributed by atoms with Crippen LogP contribution in [0.2, 0.25) is 0 Å². The first-order valence-corrected chi connectivity index (χ1v) is 10.8. The molecule has 0 radical (unpaired) electrons. The van der Waals surface area contributed by atoms with Crippen molar-refractivity contribution in [2.45, 2.75) is 22.0 Å². The van der Waals surface area contributed by atoms with Crippen LogP contribution in [0, 0.1) is 0 Å². The largest absolute Gasteiger partial charge is 0.491 e. The highest BCUT2D eigenvalue weighted by atomic mass is 32.2. The predicted molar refractivity (Wildman–Crippen MR) is 121 cm³/mol. The molecule has 3 aromatic rings. The molecule has 0 fully saturated rings. The fourth-order valence-electron chi connectivity index (χ4n) is 3.03. The molecule has 0 heterocycles. The van der Waals surface area contributed by atoms with E-state index in [1.807, 2.05) is 60.7 Å². The van der Waals surface area contributed by atoms with Crippen molar-refractivity contribution < 1.29 is 29.2 Å². The van der Waals surface area contributed by atoms with E-state index in [9.17, 15) is 10.2 Å². The summed E-state index contributed by atoms with van der Waals surface area (Å²) in [7, 11) is 3.08. The van der Waals surface area contributed by atoms with Crippen LogP contribution in [0.25, 0.3) is 10.8 Å². The van der Waals surface area contributed by atoms with Gasteiger partial charge in [-0.05, 0) is 35.7 Å². The molecular formula is C24H28O6S. The lowest BCUT2D eigenvalue weighted by Gasteiger charge is -2.17. The maximum atomic E-state index is 10.0. The number of ether oxygens (including phenoxy) is 4. The second kappa shape index (κ2) is 11.9. The van der Waals surface area contributed by atoms with E-state index < -0.39 is 12.2 Å². The molecule has 0 aliphatic rings. The molecule has 0 spiro atoms. The molecule has 3 rings (SSSR count). The Hall–Kier alpha value is -2.29. The molecule has 166 valence electrons. The molecule has 0 aliphatic carbocycles. The highest BCUT2D eigenvalue weighted by Gasteiger charge is 2.14. The zero-order valence-electron chi connectivity index (χ0n) is 17.7. The van der Waals surface area contributed by atoms with Gasteiger partial charge in [-0.3, -0.25) is 0 Å². The van der Waals surface area contributed by atoms with E-state index in [1.165, 1.54) is 7.11 Å². The van der Waals surface area contributed by atoms with E-state index in [0.717, 1.165) is 20.6 Å². The smallest absolute Gasteiger partial charge is 0.134 e. The molecule has 0 saturated carbocycles. The van der Waals surface area contributed by atoms with Crippen LogP contribution in [0.5, 0.6) is 11.5 Å². The van der Waals surface area contributed by atoms with Crippen LogP contribution in [-0.4, -0.2) is 63.1 Å². The van der Waals surface area contributed by atoms with Crippen molar-refractivity contribution in [2.24, 2.45) is 0 Å². The Morgan fingerprint density at radius 2 is 1.42 bits per heavy atom. The quantitative estimate of drug-likeness (QED) is 0.440. The van der Waals surface area contributed by atoms with Gasteiger partial charge in [-0.15, -0.1) is 0 Å². The summed E-state index contributed by atoms with van der Waals surface area (Å²) in [6.07, 6.45) is -1.41. The summed E-state index contributed by atoms with van der Waals surface area (Å²) in [6, 6.07) is 19.7. The molecule has 7 heteroatoms. The molecule has 0 aromatic heterocycles. The van der Waals surface area contributed by atoms with Gasteiger partial charge in [0.05, 0.1) is 18.1 Å². The maximum absolute atomic E-state index is 10.0. The summed E-state index contributed by atoms with van der Waals surface area (Å²) >= 11 is 1.59. The number of hydrogen-bond donors (Lipinski definition) is 2. The van der Waals surface area contributed by atoms with Gasteiger partial charge in [-0.25, -0.2) is 0 Å². The third-order valence-electron chi connectivity index (χ3n) is 4.46. The zero-order valence-corrected chi connectivity index (χ0v) is 18.5. The highest BCUT2D eigenvalue weighted by Crippen LogP contribution is 2.41. The number of benzene rings is 3. The average molecular weight is 445 g/mol. The Morgan fingerprint density at radius 3 is 2.10 bits per heavy atom. The lowest BCUT2D eigenvalue weighted by molar-refractivity contribution is 0.0319. The Morgan fingerprint density at radius 1 is 0.774 bits per heavy atom. The van der Waals surface area contributed by atoms with Crippen molar-refractivity contribution in [1.82, 2.24) is 0 Å². The van der Waals surface area contributed by atoms with Crippen molar-refractivity contribution in [1.29, 1.82) is 0 Å². The van der Waals surface area contributed by atoms with Gasteiger partial charge in [0, 0.05) is 24.5 Å². The van der Waals surface area contributed by atoms with Crippen LogP contribution in [0.15, 0.2) is 70.5 Å². The Labute approximate surface area is 186 Å². The standard InChI is InChI=1S/C24H28O6S/c1-27-13-18(25)15-29-20-10-8-17-9-11-23(30-16-19(26)14-28-2)24(22(17)12-20)31-21-6-4-3-5-7-21/h3-12,18-19,25-26H,13-16H2,1-2H3. The topological polar surface area (TPSA) is 77.4 Å². The summed E-state index contributed by atoms with van der Waals surface area (Å²) in [6.45, 7) is 0.683. The van der Waals surface area contributed by atoms with Crippen LogP contribution < -0.4 is 9.47 Å². The third-order valence-corrected chi connectivity index (χ3v) is 5.60. The molecule has 3 aromatic carbocycles. The monoisotopic (exact) mass is 444 g/mol. The Bertz CT molecular complexity index is 944. The van der Waals surface area contributed by atoms with E-state index in [1.54, 1.807) is 18.9 Å². The second-order valence-electron chi connectivity index (χ2n) is 7.03. The normalized spacial score (nSPS) is 13.2. The number of aliphatic hydroxyl groups excluding tert-OH is 2. The molecule has 0 bridgehead atoms. The van der Waals surface area contributed by atoms with E-state index in [4.69, 9.17) is 18.9 Å². The molecule has 2 atom stereocenters. The number of methoxy groups -OCH3 is 2. The fraction of sp³-hybridized carbons (Fsp3) is 0.333. The van der Waals surface area contributed by atoms with Crippen LogP contribution in [0.3, 0.4) is 0 Å². The van der Waals surface area contributed by atoms with Gasteiger partial charge >= 0.3 is 0 Å². The van der Waals surface area contributed by atoms with Crippen molar-refractivity contribution in [3.05, 3.63) is 60.7 Å². The van der Waals surface area contributed by atoms with Gasteiger partial charge in [0.2, 0.25) is 0 Å². The first kappa shape index (κ1) is 23.4. The van der Waals surface area contributed by atoms with E-state index in [0.29, 0.717) is 11.5 Å². The molecule has 6 nitrogen and oxygen atoms in total. The lowest BCUT2D eigenvalue weighted by Crippen LogP contribution is -2.22. The van der Waals surface area contributed by atoms with Gasteiger partial charge in [-0.2, -0.15) is 0 Å². The SMILES string of the molecule is COCC(O)COc1ccc2ccc(OCC(O)COC)c(Sc3ccccc3)c2c1. The summed E-state index contributed by atoms with van der Waals surface area (Å²) in [5, 5.41) is 21.9. The molecule has 2 unspecified atom stereocenters. The van der Waals surface area contributed by atoms with Gasteiger partial charge in [-0.1, -0.05) is 42.1 Å². The minimum Gasteiger partial charge on any atom is -0.491 e. The first-order valence-electron chi connectivity index (χ1n) is 10.00. The molecule has 0 aliphatic heterocycles. The highest BCUT2D eigenvalue weighted by molar-refractivity contribution is 7.99. The van der Waals surface area contributed by atoms with Gasteiger partial charge < -0.3 is 29.2 Å². The minimum absolute atomic E-state index is 0.126. The summed E-state index contributed by atoms with van der Waals surface area (Å²) < 4.78 is 21.7. The maximum Gasteiger partial charge on any atom is 0.134 e. The summed E-state index contributed by atoms with van der Waals surface area (Å²) in [4.78, 5) is 2.00. The van der Waals surface area contributed by atoms with Crippen LogP contribution in [0.4, 0.5) is 0 Å². The van der Waals surface area contributed by atoms with Gasteiger partial charge in [0.25, 0.3) is 0 Å². The van der Waals surface area contributed by atoms with Crippen LogP contribution in [0.1, 0.15) is 0 Å². The average Bonchev–Trinajstić information content (AvgIpc) is 2.78. The molecule has 31 heavy (non-hydrogen) atoms. The van der Waals surface area contributed by atoms with Crippen molar-refractivity contribution in [3.8, 4) is 11.5 Å². The molecular weight excluding hydrogens is 416 g/mol. The molecule has 0 amide bonds. The summed E-state index contributed by atoms with van der Waals surface area (Å²) in [5.74, 6) is 1.32. The number of rotatable bonds is 12. The number of hydrogen-bond acceptors (Lipinski definition) is 7. The van der Waals surface area contributed by atoms with Crippen LogP contribution in [-0.2, 0) is 9.47 Å². The van der Waals surface area contributed by atoms with E-state index >= 15 is 0 Å². The molecule has 2 N–H and O–H groups in total. The summed E-state index contributed by atoms with van der Waals surface area (Å²) in [5.41, 5.74) is 0. The Balaban J connectivity index is 1.92. The number of aliphatic hydroxyl groups is 2. The second-order valence-corrected chi connectivity index (χ2v) is 8.11. The third kappa shape index (κ3) is 6.85. The van der Waals surface area contributed by atoms with Gasteiger partial charge in [0.1, 0.15) is 36.9 Å². The lowest BCUT2D eigenvalue weighted by atomic mass is 10.1. The fourth-order valence-corrected chi connectivity index (χ4v) is 4.07. The van der Waals surface area contributed by atoms with Crippen LogP contribution >= 0.6 is 11.8 Å². The van der Waals surface area contributed by atoms with Crippen molar-refractivity contribution >= 4 is 22.5 Å². The van der Waals surface area contributed by atoms with E-state index in [2.05, 4.69) is 0 Å². The predicted octanol–water partition coefficient (Wildman–Crippen LogP) is 3.76. The van der Waals surface area contributed by atoms with E-state index in [-0.39, 0.29) is 26.4 Å². The first-order chi connectivity index (χ1) is 15.1. The van der Waals surface area contributed by atoms with Crippen molar-refractivity contribution in [2.75, 3.05) is 40.6 Å². The molecule has 0 saturated heterocycles. The minimum atomic E-state index is -0.716.